The Kier molecular flexibility index (Phi) is 4.70. The topological polar surface area (TPSA) is 42.0 Å². The van der Waals surface area contributed by atoms with Crippen LogP contribution in [-0.4, -0.2) is 50.3 Å². The number of likely N-dealkylation sites (tertiary alicyclic amines) is 1. The third-order valence-electron chi connectivity index (χ3n) is 6.67. The van der Waals surface area contributed by atoms with Crippen LogP contribution in [0, 0.1) is 0 Å². The number of hydrogen-bond acceptors (Lipinski definition) is 4. The highest BCUT2D eigenvalue weighted by Gasteiger charge is 2.50. The molecule has 0 bridgehead atoms. The van der Waals surface area contributed by atoms with E-state index in [9.17, 15) is 4.79 Å². The van der Waals surface area contributed by atoms with Crippen LogP contribution in [0.5, 0.6) is 5.75 Å². The molecule has 2 aromatic rings. The van der Waals surface area contributed by atoms with Gasteiger partial charge in [-0.25, -0.2) is 0 Å². The lowest BCUT2D eigenvalue weighted by atomic mass is 9.80. The molecule has 5 rings (SSSR count). The lowest BCUT2D eigenvalue weighted by Gasteiger charge is -2.25. The van der Waals surface area contributed by atoms with Crippen molar-refractivity contribution < 1.29 is 14.3 Å². The lowest BCUT2D eigenvalue weighted by molar-refractivity contribution is -0.139. The third-order valence-corrected chi connectivity index (χ3v) is 6.67. The fourth-order valence-electron chi connectivity index (χ4n) is 5.16. The van der Waals surface area contributed by atoms with Gasteiger partial charge in [0.15, 0.2) is 0 Å². The van der Waals surface area contributed by atoms with E-state index >= 15 is 0 Å². The van der Waals surface area contributed by atoms with Gasteiger partial charge in [0.25, 0.3) is 5.91 Å². The second kappa shape index (κ2) is 7.38. The first-order valence-corrected chi connectivity index (χ1v) is 10.6. The van der Waals surface area contributed by atoms with Gasteiger partial charge in [0, 0.05) is 37.3 Å². The molecular weight excluding hydrogens is 364 g/mol. The van der Waals surface area contributed by atoms with Crippen LogP contribution in [0.15, 0.2) is 48.5 Å². The number of ether oxygens (including phenoxy) is 2. The minimum Gasteiger partial charge on any atom is -0.497 e. The van der Waals surface area contributed by atoms with Crippen molar-refractivity contribution >= 4 is 11.6 Å². The summed E-state index contributed by atoms with van der Waals surface area (Å²) >= 11 is 0. The van der Waals surface area contributed by atoms with Crippen LogP contribution in [0.4, 0.5) is 5.69 Å². The Balaban J connectivity index is 1.37. The number of carbonyl (C=O) groups excluding carboxylic acids is 1. The number of anilines is 1. The molecule has 152 valence electrons. The van der Waals surface area contributed by atoms with Gasteiger partial charge in [0.05, 0.1) is 13.7 Å². The molecule has 3 heterocycles. The summed E-state index contributed by atoms with van der Waals surface area (Å²) < 4.78 is 11.4. The Morgan fingerprint density at radius 2 is 1.90 bits per heavy atom. The first kappa shape index (κ1) is 18.5. The van der Waals surface area contributed by atoms with Gasteiger partial charge in [-0.15, -0.1) is 0 Å². The monoisotopic (exact) mass is 392 g/mol. The van der Waals surface area contributed by atoms with E-state index in [1.807, 2.05) is 17.0 Å². The fourth-order valence-corrected chi connectivity index (χ4v) is 5.16. The summed E-state index contributed by atoms with van der Waals surface area (Å²) in [6, 6.07) is 16.9. The smallest absolute Gasteiger partial charge is 0.251 e. The Morgan fingerprint density at radius 3 is 2.66 bits per heavy atom. The van der Waals surface area contributed by atoms with Gasteiger partial charge >= 0.3 is 0 Å². The van der Waals surface area contributed by atoms with E-state index in [-0.39, 0.29) is 17.4 Å². The van der Waals surface area contributed by atoms with Crippen molar-refractivity contribution in [1.29, 1.82) is 0 Å². The van der Waals surface area contributed by atoms with Crippen molar-refractivity contribution in [2.45, 2.75) is 37.3 Å². The largest absolute Gasteiger partial charge is 0.497 e. The van der Waals surface area contributed by atoms with Crippen molar-refractivity contribution in [3.63, 3.8) is 0 Å². The maximum atomic E-state index is 12.9. The van der Waals surface area contributed by atoms with Crippen molar-refractivity contribution in [3.8, 4) is 5.75 Å². The average Bonchev–Trinajstić information content (AvgIpc) is 3.50. The molecule has 2 fully saturated rings. The minimum atomic E-state index is -0.304. The van der Waals surface area contributed by atoms with E-state index in [0.29, 0.717) is 6.61 Å². The zero-order chi connectivity index (χ0) is 19.8. The van der Waals surface area contributed by atoms with Crippen LogP contribution >= 0.6 is 0 Å². The van der Waals surface area contributed by atoms with Crippen molar-refractivity contribution in [2.75, 3.05) is 38.3 Å². The molecule has 0 aliphatic carbocycles. The van der Waals surface area contributed by atoms with Gasteiger partial charge in [0.1, 0.15) is 11.9 Å². The first-order valence-electron chi connectivity index (χ1n) is 10.6. The minimum absolute atomic E-state index is 0.0941. The molecule has 1 amide bonds. The summed E-state index contributed by atoms with van der Waals surface area (Å²) in [7, 11) is 1.69. The molecule has 2 atom stereocenters. The summed E-state index contributed by atoms with van der Waals surface area (Å²) in [4.78, 5) is 17.3. The summed E-state index contributed by atoms with van der Waals surface area (Å²) in [5.74, 6) is 1.06. The molecule has 29 heavy (non-hydrogen) atoms. The van der Waals surface area contributed by atoms with Gasteiger partial charge < -0.3 is 19.3 Å². The van der Waals surface area contributed by atoms with Crippen LogP contribution in [0.2, 0.25) is 0 Å². The normalized spacial score (nSPS) is 25.6. The zero-order valence-electron chi connectivity index (χ0n) is 17.0. The van der Waals surface area contributed by atoms with Crippen LogP contribution in [0.25, 0.3) is 0 Å². The van der Waals surface area contributed by atoms with E-state index in [4.69, 9.17) is 9.47 Å². The predicted molar refractivity (Wildman–Crippen MR) is 112 cm³/mol. The molecule has 0 N–H and O–H groups in total. The molecule has 2 saturated heterocycles. The van der Waals surface area contributed by atoms with Crippen LogP contribution in [-0.2, 0) is 21.5 Å². The second-order valence-electron chi connectivity index (χ2n) is 8.54. The van der Waals surface area contributed by atoms with Crippen LogP contribution in [0.3, 0.4) is 0 Å². The van der Waals surface area contributed by atoms with Crippen LogP contribution < -0.4 is 9.64 Å². The van der Waals surface area contributed by atoms with E-state index in [1.165, 1.54) is 16.8 Å². The number of fused-ring (bicyclic) bond motifs is 2. The van der Waals surface area contributed by atoms with Gasteiger partial charge in [0.2, 0.25) is 0 Å². The number of methoxy groups -OCH3 is 1. The van der Waals surface area contributed by atoms with Gasteiger partial charge in [-0.3, -0.25) is 4.79 Å². The second-order valence-corrected chi connectivity index (χ2v) is 8.54. The summed E-state index contributed by atoms with van der Waals surface area (Å²) in [6.45, 7) is 4.11. The molecular formula is C24H28N2O3. The summed E-state index contributed by atoms with van der Waals surface area (Å²) in [6.07, 6.45) is 2.70. The molecule has 3 aliphatic rings. The molecule has 3 aliphatic heterocycles. The van der Waals surface area contributed by atoms with E-state index in [2.05, 4.69) is 41.3 Å². The standard InChI is InChI=1S/C24H28N2O3/c1-28-19-10-8-18(9-11-19)15-26-16-24(20-6-2-3-7-21(20)26)14-22(29-17-24)23(27)25-12-4-5-13-25/h2-3,6-11,22H,4-5,12-17H2,1H3/t22-,24+/m1/s1. The fraction of sp³-hybridized carbons (Fsp3) is 0.458. The van der Waals surface area contributed by atoms with Crippen LogP contribution in [0.1, 0.15) is 30.4 Å². The SMILES string of the molecule is COc1ccc(CN2C[C@@]3(CO[C@@H](C(=O)N4CCCC4)C3)c3ccccc32)cc1. The maximum absolute atomic E-state index is 12.9. The maximum Gasteiger partial charge on any atom is 0.251 e. The lowest BCUT2D eigenvalue weighted by Crippen LogP contribution is -2.38. The predicted octanol–water partition coefficient (Wildman–Crippen LogP) is 3.36. The number of carbonyl (C=O) groups is 1. The van der Waals surface area contributed by atoms with Gasteiger partial charge in [-0.2, -0.15) is 0 Å². The zero-order valence-corrected chi connectivity index (χ0v) is 17.0. The number of rotatable bonds is 4. The molecule has 0 aromatic heterocycles. The van der Waals surface area contributed by atoms with Gasteiger partial charge in [-0.1, -0.05) is 30.3 Å². The van der Waals surface area contributed by atoms with E-state index in [1.54, 1.807) is 7.11 Å². The Morgan fingerprint density at radius 1 is 1.14 bits per heavy atom. The number of nitrogens with zero attached hydrogens (tertiary/aromatic N) is 2. The summed E-state index contributed by atoms with van der Waals surface area (Å²) in [5.41, 5.74) is 3.75. The Bertz CT molecular complexity index is 891. The molecule has 5 nitrogen and oxygen atoms in total. The molecule has 1 spiro atoms. The van der Waals surface area contributed by atoms with E-state index < -0.39 is 0 Å². The number of para-hydroxylation sites is 1. The van der Waals surface area contributed by atoms with Crippen molar-refractivity contribution in [1.82, 2.24) is 4.90 Å². The molecule has 0 radical (unpaired) electrons. The first-order chi connectivity index (χ1) is 14.2. The third kappa shape index (κ3) is 3.27. The number of amides is 1. The number of benzene rings is 2. The number of hydrogen-bond donors (Lipinski definition) is 0. The molecule has 0 saturated carbocycles. The van der Waals surface area contributed by atoms with Crippen molar-refractivity contribution in [2.24, 2.45) is 0 Å². The average molecular weight is 392 g/mol. The van der Waals surface area contributed by atoms with Gasteiger partial charge in [-0.05, 0) is 48.6 Å². The van der Waals surface area contributed by atoms with E-state index in [0.717, 1.165) is 51.2 Å². The summed E-state index contributed by atoms with van der Waals surface area (Å²) in [5, 5.41) is 0. The Hall–Kier alpha value is -2.53. The highest BCUT2D eigenvalue weighted by atomic mass is 16.5. The molecule has 2 aromatic carbocycles. The molecule has 5 heteroatoms. The Labute approximate surface area is 172 Å². The van der Waals surface area contributed by atoms with Crippen molar-refractivity contribution in [3.05, 3.63) is 59.7 Å². The highest BCUT2D eigenvalue weighted by molar-refractivity contribution is 5.82. The quantitative estimate of drug-likeness (QED) is 0.800. The molecule has 0 unspecified atom stereocenters. The highest BCUT2D eigenvalue weighted by Crippen LogP contribution is 2.48.